The highest BCUT2D eigenvalue weighted by atomic mass is 19.1. The van der Waals surface area contributed by atoms with Crippen molar-refractivity contribution in [2.75, 3.05) is 7.11 Å². The number of methoxy groups -OCH3 is 1. The number of hydrogen-bond acceptors (Lipinski definition) is 2. The van der Waals surface area contributed by atoms with Crippen LogP contribution in [0.4, 0.5) is 4.39 Å². The lowest BCUT2D eigenvalue weighted by molar-refractivity contribution is -0.145. The molecule has 0 radical (unpaired) electrons. The molecule has 0 amide bonds. The van der Waals surface area contributed by atoms with Crippen LogP contribution in [0.1, 0.15) is 24.3 Å². The minimum Gasteiger partial charge on any atom is -0.494 e. The van der Waals surface area contributed by atoms with Crippen LogP contribution in [0, 0.1) is 11.7 Å². The van der Waals surface area contributed by atoms with E-state index in [9.17, 15) is 9.18 Å². The second-order valence-corrected chi connectivity index (χ2v) is 3.99. The van der Waals surface area contributed by atoms with Crippen molar-refractivity contribution in [2.45, 2.75) is 18.8 Å². The Labute approximate surface area is 92.9 Å². The van der Waals surface area contributed by atoms with E-state index in [2.05, 4.69) is 0 Å². The van der Waals surface area contributed by atoms with Gasteiger partial charge in [-0.05, 0) is 24.5 Å². The highest BCUT2D eigenvalue weighted by Crippen LogP contribution is 2.44. The fraction of sp³-hybridized carbons (Fsp3) is 0.417. The van der Waals surface area contributed by atoms with Crippen molar-refractivity contribution in [1.29, 1.82) is 0 Å². The summed E-state index contributed by atoms with van der Waals surface area (Å²) in [5.74, 6) is -1.78. The molecule has 0 saturated heterocycles. The average molecular weight is 224 g/mol. The molecule has 86 valence electrons. The number of hydrogen-bond donors (Lipinski definition) is 1. The van der Waals surface area contributed by atoms with Gasteiger partial charge in [0.05, 0.1) is 13.0 Å². The number of aliphatic carboxylic acids is 1. The third-order valence-corrected chi connectivity index (χ3v) is 3.20. The van der Waals surface area contributed by atoms with Gasteiger partial charge in [-0.25, -0.2) is 4.39 Å². The Balaban J connectivity index is 2.31. The first-order chi connectivity index (χ1) is 7.65. The van der Waals surface area contributed by atoms with Crippen molar-refractivity contribution in [1.82, 2.24) is 0 Å². The largest absolute Gasteiger partial charge is 0.494 e. The van der Waals surface area contributed by atoms with E-state index in [1.165, 1.54) is 13.2 Å². The summed E-state index contributed by atoms with van der Waals surface area (Å²) in [7, 11) is 1.40. The van der Waals surface area contributed by atoms with Crippen LogP contribution < -0.4 is 4.74 Å². The number of rotatable bonds is 3. The lowest BCUT2D eigenvalue weighted by atomic mass is 9.70. The lowest BCUT2D eigenvalue weighted by Crippen LogP contribution is -2.31. The summed E-state index contributed by atoms with van der Waals surface area (Å²) in [6.07, 6.45) is 1.34. The van der Waals surface area contributed by atoms with E-state index in [0.717, 1.165) is 6.42 Å². The molecular formula is C12H13FO3. The molecule has 16 heavy (non-hydrogen) atoms. The molecule has 0 heterocycles. The second kappa shape index (κ2) is 4.12. The Morgan fingerprint density at radius 3 is 2.75 bits per heavy atom. The van der Waals surface area contributed by atoms with Crippen LogP contribution in [-0.4, -0.2) is 18.2 Å². The summed E-state index contributed by atoms with van der Waals surface area (Å²) in [5.41, 5.74) is 0.456. The van der Waals surface area contributed by atoms with Gasteiger partial charge in [-0.2, -0.15) is 0 Å². The topological polar surface area (TPSA) is 46.5 Å². The molecule has 1 saturated carbocycles. The first-order valence-corrected chi connectivity index (χ1v) is 5.20. The Bertz CT molecular complexity index is 417. The zero-order chi connectivity index (χ0) is 11.7. The summed E-state index contributed by atoms with van der Waals surface area (Å²) in [5, 5.41) is 8.93. The van der Waals surface area contributed by atoms with Gasteiger partial charge in [0, 0.05) is 5.92 Å². The van der Waals surface area contributed by atoms with Gasteiger partial charge in [-0.1, -0.05) is 12.1 Å². The normalized spacial score (nSPS) is 23.6. The van der Waals surface area contributed by atoms with Crippen molar-refractivity contribution in [3.8, 4) is 5.75 Å². The molecule has 0 aliphatic heterocycles. The zero-order valence-electron chi connectivity index (χ0n) is 8.94. The predicted molar refractivity (Wildman–Crippen MR) is 56.1 cm³/mol. The van der Waals surface area contributed by atoms with E-state index in [0.29, 0.717) is 12.0 Å². The maximum Gasteiger partial charge on any atom is 0.307 e. The highest BCUT2D eigenvalue weighted by Gasteiger charge is 2.39. The summed E-state index contributed by atoms with van der Waals surface area (Å²) >= 11 is 0. The van der Waals surface area contributed by atoms with Crippen molar-refractivity contribution in [2.24, 2.45) is 5.92 Å². The molecule has 1 fully saturated rings. The fourth-order valence-electron chi connectivity index (χ4n) is 2.14. The van der Waals surface area contributed by atoms with Crippen molar-refractivity contribution < 1.29 is 19.0 Å². The van der Waals surface area contributed by atoms with Gasteiger partial charge in [-0.3, -0.25) is 4.79 Å². The molecule has 1 aromatic rings. The SMILES string of the molecule is COc1cccc(C2CCC2C(=O)O)c1F. The van der Waals surface area contributed by atoms with E-state index in [1.807, 2.05) is 0 Å². The van der Waals surface area contributed by atoms with Gasteiger partial charge in [0.25, 0.3) is 0 Å². The van der Waals surface area contributed by atoms with Crippen LogP contribution in [0.15, 0.2) is 18.2 Å². The van der Waals surface area contributed by atoms with E-state index in [4.69, 9.17) is 9.84 Å². The van der Waals surface area contributed by atoms with Crippen molar-refractivity contribution in [3.05, 3.63) is 29.6 Å². The van der Waals surface area contributed by atoms with Crippen LogP contribution in [0.5, 0.6) is 5.75 Å². The molecule has 0 spiro atoms. The maximum atomic E-state index is 13.9. The van der Waals surface area contributed by atoms with Crippen LogP contribution in [0.2, 0.25) is 0 Å². The molecular weight excluding hydrogens is 211 g/mol. The number of carboxylic acid groups (broad SMARTS) is 1. The number of ether oxygens (including phenoxy) is 1. The lowest BCUT2D eigenvalue weighted by Gasteiger charge is -2.34. The minimum atomic E-state index is -0.849. The average Bonchev–Trinajstić information content (AvgIpc) is 2.18. The highest BCUT2D eigenvalue weighted by molar-refractivity contribution is 5.72. The van der Waals surface area contributed by atoms with Gasteiger partial charge in [0.15, 0.2) is 11.6 Å². The number of benzene rings is 1. The summed E-state index contributed by atoms with van der Waals surface area (Å²) in [4.78, 5) is 10.9. The number of carbonyl (C=O) groups is 1. The standard InChI is InChI=1S/C12H13FO3/c1-16-10-4-2-3-8(11(10)13)7-5-6-9(7)12(14)15/h2-4,7,9H,5-6H2,1H3,(H,14,15). The third kappa shape index (κ3) is 1.64. The molecule has 0 bridgehead atoms. The Kier molecular flexibility index (Phi) is 2.81. The summed E-state index contributed by atoms with van der Waals surface area (Å²) in [6.45, 7) is 0. The number of halogens is 1. The molecule has 1 aliphatic rings. The first-order valence-electron chi connectivity index (χ1n) is 5.20. The quantitative estimate of drug-likeness (QED) is 0.857. The predicted octanol–water partition coefficient (Wildman–Crippen LogP) is 2.41. The molecule has 4 heteroatoms. The van der Waals surface area contributed by atoms with E-state index < -0.39 is 17.7 Å². The Hall–Kier alpha value is -1.58. The van der Waals surface area contributed by atoms with Gasteiger partial charge in [-0.15, -0.1) is 0 Å². The molecule has 1 aliphatic carbocycles. The third-order valence-electron chi connectivity index (χ3n) is 3.20. The molecule has 1 aromatic carbocycles. The van der Waals surface area contributed by atoms with Crippen LogP contribution >= 0.6 is 0 Å². The van der Waals surface area contributed by atoms with Gasteiger partial charge < -0.3 is 9.84 Å². The molecule has 2 unspecified atom stereocenters. The minimum absolute atomic E-state index is 0.175. The van der Waals surface area contributed by atoms with E-state index in [1.54, 1.807) is 12.1 Å². The Morgan fingerprint density at radius 2 is 2.25 bits per heavy atom. The molecule has 0 aromatic heterocycles. The van der Waals surface area contributed by atoms with E-state index >= 15 is 0 Å². The zero-order valence-corrected chi connectivity index (χ0v) is 8.94. The van der Waals surface area contributed by atoms with Gasteiger partial charge in [0.1, 0.15) is 0 Å². The van der Waals surface area contributed by atoms with Crippen LogP contribution in [0.3, 0.4) is 0 Å². The number of carboxylic acids is 1. The Morgan fingerprint density at radius 1 is 1.50 bits per heavy atom. The van der Waals surface area contributed by atoms with Gasteiger partial charge >= 0.3 is 5.97 Å². The van der Waals surface area contributed by atoms with Crippen molar-refractivity contribution >= 4 is 5.97 Å². The van der Waals surface area contributed by atoms with Gasteiger partial charge in [0.2, 0.25) is 0 Å². The van der Waals surface area contributed by atoms with Crippen molar-refractivity contribution in [3.63, 3.8) is 0 Å². The summed E-state index contributed by atoms with van der Waals surface area (Å²) < 4.78 is 18.7. The summed E-state index contributed by atoms with van der Waals surface area (Å²) in [6, 6.07) is 4.86. The molecule has 2 atom stereocenters. The monoisotopic (exact) mass is 224 g/mol. The van der Waals surface area contributed by atoms with E-state index in [-0.39, 0.29) is 11.7 Å². The first kappa shape index (κ1) is 10.9. The second-order valence-electron chi connectivity index (χ2n) is 3.99. The molecule has 3 nitrogen and oxygen atoms in total. The smallest absolute Gasteiger partial charge is 0.307 e. The van der Waals surface area contributed by atoms with Crippen LogP contribution in [0.25, 0.3) is 0 Å². The molecule has 1 N–H and O–H groups in total. The molecule has 2 rings (SSSR count). The maximum absolute atomic E-state index is 13.9. The fourth-order valence-corrected chi connectivity index (χ4v) is 2.14. The van der Waals surface area contributed by atoms with Crippen LogP contribution in [-0.2, 0) is 4.79 Å².